The van der Waals surface area contributed by atoms with E-state index in [-0.39, 0.29) is 5.69 Å². The van der Waals surface area contributed by atoms with Gasteiger partial charge in [-0.2, -0.15) is 0 Å². The average Bonchev–Trinajstić information content (AvgIpc) is 2.52. The number of para-hydroxylation sites is 1. The van der Waals surface area contributed by atoms with Crippen LogP contribution in [0.5, 0.6) is 11.5 Å². The first-order valence-corrected chi connectivity index (χ1v) is 6.45. The number of nitrogens with zero attached hydrogens (tertiary/aromatic N) is 1. The molecule has 6 heteroatoms. The summed E-state index contributed by atoms with van der Waals surface area (Å²) < 4.78 is 10.7. The van der Waals surface area contributed by atoms with Crippen molar-refractivity contribution in [1.82, 2.24) is 0 Å². The number of nitro benzene ring substituents is 1. The van der Waals surface area contributed by atoms with E-state index in [0.717, 1.165) is 5.69 Å². The lowest BCUT2D eigenvalue weighted by atomic mass is 10.3. The van der Waals surface area contributed by atoms with Crippen LogP contribution in [0.3, 0.4) is 0 Å². The molecule has 0 unspecified atom stereocenters. The maximum atomic E-state index is 10.8. The Balaban J connectivity index is 1.92. The van der Waals surface area contributed by atoms with E-state index in [4.69, 9.17) is 9.47 Å². The molecule has 110 valence electrons. The second-order valence-corrected chi connectivity index (χ2v) is 4.23. The van der Waals surface area contributed by atoms with Gasteiger partial charge in [0.25, 0.3) is 5.69 Å². The van der Waals surface area contributed by atoms with Crippen molar-refractivity contribution in [2.75, 3.05) is 25.6 Å². The summed E-state index contributed by atoms with van der Waals surface area (Å²) >= 11 is 0. The van der Waals surface area contributed by atoms with Crippen molar-refractivity contribution in [2.45, 2.75) is 0 Å². The smallest absolute Gasteiger partial charge is 0.273 e. The fourth-order valence-electron chi connectivity index (χ4n) is 1.80. The van der Waals surface area contributed by atoms with Crippen LogP contribution < -0.4 is 14.8 Å². The highest BCUT2D eigenvalue weighted by atomic mass is 16.6. The Morgan fingerprint density at radius 3 is 2.57 bits per heavy atom. The van der Waals surface area contributed by atoms with Gasteiger partial charge in [0.2, 0.25) is 0 Å². The van der Waals surface area contributed by atoms with Gasteiger partial charge in [-0.15, -0.1) is 0 Å². The first kappa shape index (κ1) is 14.6. The number of non-ortho nitro benzene ring substituents is 1. The zero-order valence-electron chi connectivity index (χ0n) is 11.6. The second kappa shape index (κ2) is 7.14. The molecule has 0 aliphatic carbocycles. The van der Waals surface area contributed by atoms with Crippen LogP contribution >= 0.6 is 0 Å². The lowest BCUT2D eigenvalue weighted by molar-refractivity contribution is -0.385. The molecule has 0 amide bonds. The number of benzene rings is 2. The molecular formula is C15H16N2O4. The van der Waals surface area contributed by atoms with Crippen molar-refractivity contribution in [2.24, 2.45) is 0 Å². The zero-order valence-corrected chi connectivity index (χ0v) is 11.6. The van der Waals surface area contributed by atoms with Crippen LogP contribution in [0.2, 0.25) is 0 Å². The van der Waals surface area contributed by atoms with Crippen LogP contribution in [0.4, 0.5) is 11.4 Å². The van der Waals surface area contributed by atoms with Crippen molar-refractivity contribution < 1.29 is 14.4 Å². The third-order valence-electron chi connectivity index (χ3n) is 2.82. The van der Waals surface area contributed by atoms with Crippen LogP contribution in [-0.2, 0) is 0 Å². The molecule has 0 aliphatic heterocycles. The molecule has 2 rings (SSSR count). The molecule has 0 saturated carbocycles. The third kappa shape index (κ3) is 4.10. The van der Waals surface area contributed by atoms with Gasteiger partial charge in [-0.3, -0.25) is 10.1 Å². The van der Waals surface area contributed by atoms with Crippen LogP contribution in [0.1, 0.15) is 0 Å². The molecule has 2 aromatic carbocycles. The topological polar surface area (TPSA) is 73.6 Å². The minimum absolute atomic E-state index is 0.0261. The number of anilines is 1. The molecule has 0 atom stereocenters. The molecule has 0 heterocycles. The molecule has 0 spiro atoms. The number of methoxy groups -OCH3 is 1. The molecular weight excluding hydrogens is 272 g/mol. The molecule has 6 nitrogen and oxygen atoms in total. The Kier molecular flexibility index (Phi) is 4.98. The summed E-state index contributed by atoms with van der Waals surface area (Å²) in [4.78, 5) is 10.3. The van der Waals surface area contributed by atoms with Gasteiger partial charge >= 0.3 is 0 Å². The first-order chi connectivity index (χ1) is 10.2. The van der Waals surface area contributed by atoms with E-state index in [1.165, 1.54) is 25.3 Å². The second-order valence-electron chi connectivity index (χ2n) is 4.23. The highest BCUT2D eigenvalue weighted by molar-refractivity contribution is 5.48. The quantitative estimate of drug-likeness (QED) is 0.481. The Hall–Kier alpha value is -2.76. The van der Waals surface area contributed by atoms with Crippen molar-refractivity contribution >= 4 is 11.4 Å². The van der Waals surface area contributed by atoms with E-state index in [9.17, 15) is 10.1 Å². The molecule has 0 radical (unpaired) electrons. The van der Waals surface area contributed by atoms with Gasteiger partial charge in [0.05, 0.1) is 18.1 Å². The molecule has 2 aromatic rings. The number of nitro groups is 1. The Bertz CT molecular complexity index is 602. The molecule has 21 heavy (non-hydrogen) atoms. The summed E-state index contributed by atoms with van der Waals surface area (Å²) in [6.07, 6.45) is 0. The van der Waals surface area contributed by atoms with Gasteiger partial charge in [0.15, 0.2) is 11.5 Å². The van der Waals surface area contributed by atoms with E-state index in [1.54, 1.807) is 0 Å². The van der Waals surface area contributed by atoms with Crippen LogP contribution in [0, 0.1) is 10.1 Å². The Morgan fingerprint density at radius 1 is 1.14 bits per heavy atom. The van der Waals surface area contributed by atoms with E-state index in [0.29, 0.717) is 24.7 Å². The molecule has 0 saturated heterocycles. The first-order valence-electron chi connectivity index (χ1n) is 6.45. The summed E-state index contributed by atoms with van der Waals surface area (Å²) in [6.45, 7) is 0.947. The molecule has 0 bridgehead atoms. The normalized spacial score (nSPS) is 9.95. The van der Waals surface area contributed by atoms with Crippen LogP contribution in [0.15, 0.2) is 48.5 Å². The molecule has 0 aliphatic rings. The zero-order chi connectivity index (χ0) is 15.1. The van der Waals surface area contributed by atoms with Crippen LogP contribution in [0.25, 0.3) is 0 Å². The standard InChI is InChI=1S/C15H16N2O4/c1-20-14-8-7-13(17(18)19)11-15(14)21-10-9-16-12-5-3-2-4-6-12/h2-8,11,16H,9-10H2,1H3. The molecule has 1 N–H and O–H groups in total. The van der Waals surface area contributed by atoms with Gasteiger partial charge in [-0.1, -0.05) is 18.2 Å². The molecule has 0 aromatic heterocycles. The third-order valence-corrected chi connectivity index (χ3v) is 2.82. The van der Waals surface area contributed by atoms with Crippen molar-refractivity contribution in [3.63, 3.8) is 0 Å². The Labute approximate surface area is 122 Å². The average molecular weight is 288 g/mol. The predicted molar refractivity (Wildman–Crippen MR) is 80.1 cm³/mol. The lowest BCUT2D eigenvalue weighted by Crippen LogP contribution is -2.11. The summed E-state index contributed by atoms with van der Waals surface area (Å²) in [5, 5.41) is 14.0. The van der Waals surface area contributed by atoms with E-state index in [2.05, 4.69) is 5.32 Å². The summed E-state index contributed by atoms with van der Waals surface area (Å²) in [5.41, 5.74) is 0.967. The van der Waals surface area contributed by atoms with Gasteiger partial charge in [-0.05, 0) is 18.2 Å². The van der Waals surface area contributed by atoms with Crippen molar-refractivity contribution in [3.8, 4) is 11.5 Å². The van der Waals surface area contributed by atoms with Crippen molar-refractivity contribution in [1.29, 1.82) is 0 Å². The number of ether oxygens (including phenoxy) is 2. The molecule has 0 fully saturated rings. The maximum Gasteiger partial charge on any atom is 0.273 e. The van der Waals surface area contributed by atoms with Gasteiger partial charge in [-0.25, -0.2) is 0 Å². The van der Waals surface area contributed by atoms with E-state index >= 15 is 0 Å². The van der Waals surface area contributed by atoms with Gasteiger partial charge in [0, 0.05) is 18.3 Å². The van der Waals surface area contributed by atoms with Crippen LogP contribution in [-0.4, -0.2) is 25.2 Å². The maximum absolute atomic E-state index is 10.8. The fourth-order valence-corrected chi connectivity index (χ4v) is 1.80. The minimum Gasteiger partial charge on any atom is -0.493 e. The number of nitrogens with one attached hydrogen (secondary N) is 1. The van der Waals surface area contributed by atoms with E-state index in [1.807, 2.05) is 30.3 Å². The predicted octanol–water partition coefficient (Wildman–Crippen LogP) is 3.09. The highest BCUT2D eigenvalue weighted by Gasteiger charge is 2.12. The number of hydrogen-bond acceptors (Lipinski definition) is 5. The summed E-state index contributed by atoms with van der Waals surface area (Å²) in [5.74, 6) is 0.835. The Morgan fingerprint density at radius 2 is 1.90 bits per heavy atom. The largest absolute Gasteiger partial charge is 0.493 e. The highest BCUT2D eigenvalue weighted by Crippen LogP contribution is 2.30. The lowest BCUT2D eigenvalue weighted by Gasteiger charge is -2.11. The summed E-state index contributed by atoms with van der Waals surface area (Å²) in [6, 6.07) is 14.0. The van der Waals surface area contributed by atoms with Gasteiger partial charge < -0.3 is 14.8 Å². The van der Waals surface area contributed by atoms with E-state index < -0.39 is 4.92 Å². The number of hydrogen-bond donors (Lipinski definition) is 1. The minimum atomic E-state index is -0.464. The van der Waals surface area contributed by atoms with Crippen molar-refractivity contribution in [3.05, 3.63) is 58.6 Å². The van der Waals surface area contributed by atoms with Gasteiger partial charge in [0.1, 0.15) is 6.61 Å². The monoisotopic (exact) mass is 288 g/mol. The fraction of sp³-hybridized carbons (Fsp3) is 0.200. The number of rotatable bonds is 7. The SMILES string of the molecule is COc1ccc([N+](=O)[O-])cc1OCCNc1ccccc1. The summed E-state index contributed by atoms with van der Waals surface area (Å²) in [7, 11) is 1.50.